The van der Waals surface area contributed by atoms with Crippen LogP contribution in [0, 0.1) is 12.7 Å². The summed E-state index contributed by atoms with van der Waals surface area (Å²) in [5, 5.41) is 0. The van der Waals surface area contributed by atoms with Crippen molar-refractivity contribution in [2.75, 3.05) is 11.4 Å². The Morgan fingerprint density at radius 1 is 1.33 bits per heavy atom. The molecule has 78 valence electrons. The zero-order valence-electron chi connectivity index (χ0n) is 8.29. The lowest BCUT2D eigenvalue weighted by atomic mass is 10.2. The summed E-state index contributed by atoms with van der Waals surface area (Å²) in [6.07, 6.45) is -0.118. The fourth-order valence-electron chi connectivity index (χ4n) is 1.63. The van der Waals surface area contributed by atoms with Crippen LogP contribution in [-0.2, 0) is 9.59 Å². The van der Waals surface area contributed by atoms with Crippen molar-refractivity contribution in [1.82, 2.24) is 0 Å². The summed E-state index contributed by atoms with van der Waals surface area (Å²) in [5.41, 5.74) is 0.977. The van der Waals surface area contributed by atoms with E-state index in [1.54, 1.807) is 13.0 Å². The third-order valence-electron chi connectivity index (χ3n) is 2.38. The maximum Gasteiger partial charge on any atom is 0.235 e. The summed E-state index contributed by atoms with van der Waals surface area (Å²) >= 11 is 0. The highest BCUT2D eigenvalue weighted by atomic mass is 19.1. The van der Waals surface area contributed by atoms with Crippen LogP contribution >= 0.6 is 0 Å². The van der Waals surface area contributed by atoms with Gasteiger partial charge >= 0.3 is 0 Å². The highest BCUT2D eigenvalue weighted by Crippen LogP contribution is 2.23. The topological polar surface area (TPSA) is 37.4 Å². The smallest absolute Gasteiger partial charge is 0.235 e. The molecule has 0 unspecified atom stereocenters. The van der Waals surface area contributed by atoms with Gasteiger partial charge in [0, 0.05) is 0 Å². The van der Waals surface area contributed by atoms with Gasteiger partial charge in [-0.2, -0.15) is 0 Å². The molecular weight excluding hydrogens is 197 g/mol. The Labute approximate surface area is 86.5 Å². The van der Waals surface area contributed by atoms with E-state index >= 15 is 0 Å². The monoisotopic (exact) mass is 207 g/mol. The summed E-state index contributed by atoms with van der Waals surface area (Å²) in [7, 11) is 0. The van der Waals surface area contributed by atoms with E-state index in [0.717, 1.165) is 5.56 Å². The number of ketones is 1. The molecule has 15 heavy (non-hydrogen) atoms. The van der Waals surface area contributed by atoms with Crippen LogP contribution in [0.15, 0.2) is 18.2 Å². The average molecular weight is 207 g/mol. The summed E-state index contributed by atoms with van der Waals surface area (Å²) in [4.78, 5) is 23.6. The Hall–Kier alpha value is -1.71. The summed E-state index contributed by atoms with van der Waals surface area (Å²) in [5.74, 6) is -0.958. The molecule has 0 aromatic heterocycles. The molecule has 1 aromatic carbocycles. The van der Waals surface area contributed by atoms with Crippen LogP contribution in [0.25, 0.3) is 0 Å². The Morgan fingerprint density at radius 3 is 2.60 bits per heavy atom. The van der Waals surface area contributed by atoms with Crippen LogP contribution in [0.2, 0.25) is 0 Å². The summed E-state index contributed by atoms with van der Waals surface area (Å²) in [6, 6.07) is 4.60. The number of anilines is 1. The van der Waals surface area contributed by atoms with Gasteiger partial charge in [-0.15, -0.1) is 0 Å². The summed E-state index contributed by atoms with van der Waals surface area (Å²) in [6.45, 7) is 1.75. The fraction of sp³-hybridized carbons (Fsp3) is 0.273. The van der Waals surface area contributed by atoms with Gasteiger partial charge in [0.05, 0.1) is 18.7 Å². The van der Waals surface area contributed by atoms with Crippen LogP contribution in [0.4, 0.5) is 10.1 Å². The third kappa shape index (κ3) is 1.75. The molecule has 0 spiro atoms. The van der Waals surface area contributed by atoms with Gasteiger partial charge < -0.3 is 4.90 Å². The van der Waals surface area contributed by atoms with E-state index in [-0.39, 0.29) is 30.3 Å². The molecule has 1 amide bonds. The van der Waals surface area contributed by atoms with Crippen molar-refractivity contribution in [3.63, 3.8) is 0 Å². The molecule has 1 aliphatic rings. The number of rotatable bonds is 1. The maximum absolute atomic E-state index is 13.5. The van der Waals surface area contributed by atoms with Gasteiger partial charge in [0.25, 0.3) is 0 Å². The zero-order chi connectivity index (χ0) is 11.0. The van der Waals surface area contributed by atoms with Crippen LogP contribution in [-0.4, -0.2) is 18.2 Å². The number of benzene rings is 1. The van der Waals surface area contributed by atoms with Gasteiger partial charge in [0.2, 0.25) is 5.91 Å². The lowest BCUT2D eigenvalue weighted by molar-refractivity contribution is -0.121. The number of amides is 1. The average Bonchev–Trinajstić information content (AvgIpc) is 2.45. The Kier molecular flexibility index (Phi) is 2.26. The first-order chi connectivity index (χ1) is 7.08. The number of carbonyl (C=O) groups is 2. The number of hydrogen-bond donors (Lipinski definition) is 0. The van der Waals surface area contributed by atoms with Crippen LogP contribution in [0.3, 0.4) is 0 Å². The zero-order valence-corrected chi connectivity index (χ0v) is 8.29. The highest BCUT2D eigenvalue weighted by molar-refractivity contribution is 6.15. The van der Waals surface area contributed by atoms with E-state index in [0.29, 0.717) is 0 Å². The molecule has 1 aliphatic heterocycles. The molecule has 1 aromatic rings. The van der Waals surface area contributed by atoms with E-state index in [9.17, 15) is 14.0 Å². The number of hydrogen-bond acceptors (Lipinski definition) is 2. The van der Waals surface area contributed by atoms with Crippen molar-refractivity contribution < 1.29 is 14.0 Å². The molecule has 1 fully saturated rings. The van der Waals surface area contributed by atoms with Crippen molar-refractivity contribution in [2.24, 2.45) is 0 Å². The van der Waals surface area contributed by atoms with Crippen molar-refractivity contribution in [1.29, 1.82) is 0 Å². The minimum atomic E-state index is -0.460. The second kappa shape index (κ2) is 3.46. The largest absolute Gasteiger partial charge is 0.302 e. The predicted molar refractivity (Wildman–Crippen MR) is 53.1 cm³/mol. The third-order valence-corrected chi connectivity index (χ3v) is 2.38. The van der Waals surface area contributed by atoms with Crippen molar-refractivity contribution in [3.05, 3.63) is 29.6 Å². The minimum absolute atomic E-state index is 0.0151. The molecule has 1 saturated heterocycles. The van der Waals surface area contributed by atoms with E-state index in [4.69, 9.17) is 0 Å². The predicted octanol–water partition coefficient (Wildman–Crippen LogP) is 1.44. The number of nitrogens with zero attached hydrogens (tertiary/aromatic N) is 1. The van der Waals surface area contributed by atoms with Crippen molar-refractivity contribution in [3.8, 4) is 0 Å². The van der Waals surface area contributed by atoms with Gasteiger partial charge in [0.15, 0.2) is 5.78 Å². The molecular formula is C11H10FNO2. The number of halogens is 1. The van der Waals surface area contributed by atoms with E-state index in [2.05, 4.69) is 0 Å². The SMILES string of the molecule is Cc1ccc(N2CC(=O)CC2=O)c(F)c1. The summed E-state index contributed by atoms with van der Waals surface area (Å²) < 4.78 is 13.5. The molecule has 0 radical (unpaired) electrons. The van der Waals surface area contributed by atoms with Crippen LogP contribution in [0.5, 0.6) is 0 Å². The lowest BCUT2D eigenvalue weighted by Gasteiger charge is -2.15. The minimum Gasteiger partial charge on any atom is -0.302 e. The molecule has 0 bridgehead atoms. The quantitative estimate of drug-likeness (QED) is 0.653. The molecule has 1 heterocycles. The van der Waals surface area contributed by atoms with Crippen LogP contribution in [0.1, 0.15) is 12.0 Å². The van der Waals surface area contributed by atoms with Crippen molar-refractivity contribution in [2.45, 2.75) is 13.3 Å². The lowest BCUT2D eigenvalue weighted by Crippen LogP contribution is -2.25. The number of aryl methyl sites for hydroxylation is 1. The highest BCUT2D eigenvalue weighted by Gasteiger charge is 2.30. The van der Waals surface area contributed by atoms with Gasteiger partial charge in [-0.25, -0.2) is 4.39 Å². The molecule has 2 rings (SSSR count). The van der Waals surface area contributed by atoms with E-state index in [1.807, 2.05) is 0 Å². The molecule has 0 aliphatic carbocycles. The van der Waals surface area contributed by atoms with Gasteiger partial charge in [-0.05, 0) is 24.6 Å². The first-order valence-corrected chi connectivity index (χ1v) is 4.66. The fourth-order valence-corrected chi connectivity index (χ4v) is 1.63. The second-order valence-electron chi connectivity index (χ2n) is 3.65. The second-order valence-corrected chi connectivity index (χ2v) is 3.65. The normalized spacial score (nSPS) is 16.3. The molecule has 0 saturated carbocycles. The number of carbonyl (C=O) groups excluding carboxylic acids is 2. The van der Waals surface area contributed by atoms with Gasteiger partial charge in [-0.1, -0.05) is 6.07 Å². The molecule has 0 N–H and O–H groups in total. The molecule has 3 nitrogen and oxygen atoms in total. The van der Waals surface area contributed by atoms with E-state index < -0.39 is 5.82 Å². The van der Waals surface area contributed by atoms with Gasteiger partial charge in [-0.3, -0.25) is 9.59 Å². The standard InChI is InChI=1S/C11H10FNO2/c1-7-2-3-10(9(12)4-7)13-6-8(14)5-11(13)15/h2-4H,5-6H2,1H3. The molecule has 0 atom stereocenters. The molecule has 4 heteroatoms. The Bertz CT molecular complexity index is 442. The number of Topliss-reactive ketones (excluding diaryl/α,β-unsaturated/α-hetero) is 1. The van der Waals surface area contributed by atoms with Crippen LogP contribution < -0.4 is 4.90 Å². The Balaban J connectivity index is 2.38. The first kappa shape index (κ1) is 9.83. The maximum atomic E-state index is 13.5. The Morgan fingerprint density at radius 2 is 2.07 bits per heavy atom. The van der Waals surface area contributed by atoms with E-state index in [1.165, 1.54) is 17.0 Å². The van der Waals surface area contributed by atoms with Gasteiger partial charge in [0.1, 0.15) is 5.82 Å². The van der Waals surface area contributed by atoms with Crippen molar-refractivity contribution >= 4 is 17.4 Å². The first-order valence-electron chi connectivity index (χ1n) is 4.66.